The third-order valence-corrected chi connectivity index (χ3v) is 8.35. The van der Waals surface area contributed by atoms with E-state index in [1.165, 1.54) is 11.8 Å². The second kappa shape index (κ2) is 14.0. The van der Waals surface area contributed by atoms with Gasteiger partial charge >= 0.3 is 0 Å². The van der Waals surface area contributed by atoms with Gasteiger partial charge in [-0.25, -0.2) is 0 Å². The van der Waals surface area contributed by atoms with Gasteiger partial charge in [-0.05, 0) is 67.6 Å². The number of para-hydroxylation sites is 3. The molecule has 1 aromatic heterocycles. The van der Waals surface area contributed by atoms with Crippen molar-refractivity contribution in [3.63, 3.8) is 0 Å². The molecule has 0 spiro atoms. The highest BCUT2D eigenvalue weighted by molar-refractivity contribution is 8.00. The molecule has 2 amide bonds. The van der Waals surface area contributed by atoms with E-state index in [0.29, 0.717) is 29.2 Å². The average molecular weight is 626 g/mol. The van der Waals surface area contributed by atoms with Gasteiger partial charge in [0.15, 0.2) is 0 Å². The Balaban J connectivity index is 1.17. The van der Waals surface area contributed by atoms with Crippen LogP contribution >= 0.6 is 11.8 Å². The smallest absolute Gasteiger partial charge is 0.272 e. The van der Waals surface area contributed by atoms with E-state index in [4.69, 9.17) is 4.74 Å². The lowest BCUT2D eigenvalue weighted by Gasteiger charge is -2.13. The number of nitrogens with zero attached hydrogens (tertiary/aromatic N) is 1. The predicted molar refractivity (Wildman–Crippen MR) is 185 cm³/mol. The molecule has 7 nitrogen and oxygen atoms in total. The lowest BCUT2D eigenvalue weighted by atomic mass is 10.1. The molecule has 0 aliphatic carbocycles. The van der Waals surface area contributed by atoms with Crippen LogP contribution in [0.3, 0.4) is 0 Å². The minimum atomic E-state index is -0.488. The summed E-state index contributed by atoms with van der Waals surface area (Å²) in [6.07, 6.45) is 1.60. The number of anilines is 1. The Bertz CT molecular complexity index is 2010. The molecule has 0 unspecified atom stereocenters. The number of thioether (sulfide) groups is 1. The molecule has 0 atom stereocenters. The van der Waals surface area contributed by atoms with E-state index in [1.54, 1.807) is 47.0 Å². The van der Waals surface area contributed by atoms with Crippen molar-refractivity contribution in [3.05, 3.63) is 144 Å². The summed E-state index contributed by atoms with van der Waals surface area (Å²) in [6.45, 7) is 2.34. The number of benzene rings is 5. The Morgan fingerprint density at radius 2 is 1.35 bits per heavy atom. The number of rotatable bonds is 10. The van der Waals surface area contributed by atoms with Gasteiger partial charge in [0.2, 0.25) is 5.91 Å². The molecule has 1 heterocycles. The van der Waals surface area contributed by atoms with Crippen molar-refractivity contribution in [2.24, 2.45) is 0 Å². The average Bonchev–Trinajstić information content (AvgIpc) is 3.43. The molecule has 0 radical (unpaired) electrons. The summed E-state index contributed by atoms with van der Waals surface area (Å²) in [4.78, 5) is 40.8. The zero-order valence-electron chi connectivity index (χ0n) is 25.1. The molecule has 5 aromatic carbocycles. The van der Waals surface area contributed by atoms with Gasteiger partial charge < -0.3 is 15.4 Å². The minimum Gasteiger partial charge on any atom is -0.493 e. The predicted octanol–water partition coefficient (Wildman–Crippen LogP) is 8.04. The molecular weight excluding hydrogens is 595 g/mol. The van der Waals surface area contributed by atoms with Crippen LogP contribution in [0.4, 0.5) is 5.69 Å². The Kier molecular flexibility index (Phi) is 9.27. The molecule has 0 saturated heterocycles. The maximum Gasteiger partial charge on any atom is 0.272 e. The Morgan fingerprint density at radius 1 is 0.739 bits per heavy atom. The first-order chi connectivity index (χ1) is 22.5. The molecule has 6 rings (SSSR count). The maximum atomic E-state index is 13.5. The molecule has 228 valence electrons. The molecule has 0 bridgehead atoms. The van der Waals surface area contributed by atoms with Crippen LogP contribution in [0.5, 0.6) is 5.75 Å². The molecule has 0 aliphatic heterocycles. The van der Waals surface area contributed by atoms with Gasteiger partial charge in [0.25, 0.3) is 11.8 Å². The van der Waals surface area contributed by atoms with Crippen LogP contribution in [-0.4, -0.2) is 34.6 Å². The van der Waals surface area contributed by atoms with Crippen molar-refractivity contribution in [2.45, 2.75) is 11.8 Å². The van der Waals surface area contributed by atoms with Crippen LogP contribution in [-0.2, 0) is 4.79 Å². The number of hydrogen-bond acceptors (Lipinski definition) is 5. The number of aromatic nitrogens is 1. The van der Waals surface area contributed by atoms with Crippen LogP contribution < -0.4 is 15.4 Å². The highest BCUT2D eigenvalue weighted by Crippen LogP contribution is 2.30. The summed E-state index contributed by atoms with van der Waals surface area (Å²) < 4.78 is 7.51. The van der Waals surface area contributed by atoms with Crippen molar-refractivity contribution in [3.8, 4) is 5.75 Å². The van der Waals surface area contributed by atoms with Gasteiger partial charge in [-0.2, -0.15) is 0 Å². The third-order valence-electron chi connectivity index (χ3n) is 7.35. The molecule has 0 saturated carbocycles. The zero-order valence-corrected chi connectivity index (χ0v) is 25.9. The van der Waals surface area contributed by atoms with Crippen LogP contribution in [0.2, 0.25) is 0 Å². The number of hydrogen-bond donors (Lipinski definition) is 2. The van der Waals surface area contributed by atoms with Gasteiger partial charge in [0.05, 0.1) is 23.4 Å². The molecular formula is C38H31N3O4S. The molecule has 6 aromatic rings. The summed E-state index contributed by atoms with van der Waals surface area (Å²) in [6, 6.07) is 39.1. The first-order valence-electron chi connectivity index (χ1n) is 14.9. The van der Waals surface area contributed by atoms with Crippen LogP contribution in [0.15, 0.2) is 138 Å². The number of carbonyl (C=O) groups excluding carboxylic acids is 3. The SMILES string of the molecule is CCOc1ccccc1/C=C(\NC(=O)c1ccccc1)C(=O)Nc1ccc(SCC(=O)n2c3ccccc3c3ccccc32)cc1. The van der Waals surface area contributed by atoms with Gasteiger partial charge in [-0.1, -0.05) is 72.8 Å². The van der Waals surface area contributed by atoms with E-state index in [-0.39, 0.29) is 17.4 Å². The quantitative estimate of drug-likeness (QED) is 0.119. The Hall–Kier alpha value is -5.60. The van der Waals surface area contributed by atoms with E-state index in [9.17, 15) is 14.4 Å². The fourth-order valence-electron chi connectivity index (χ4n) is 5.22. The fraction of sp³-hybridized carbons (Fsp3) is 0.0789. The van der Waals surface area contributed by atoms with E-state index in [1.807, 2.05) is 97.9 Å². The van der Waals surface area contributed by atoms with E-state index >= 15 is 0 Å². The van der Waals surface area contributed by atoms with E-state index < -0.39 is 11.8 Å². The van der Waals surface area contributed by atoms with Crippen molar-refractivity contribution < 1.29 is 19.1 Å². The third kappa shape index (κ3) is 6.72. The largest absolute Gasteiger partial charge is 0.493 e. The number of nitrogens with one attached hydrogen (secondary N) is 2. The number of fused-ring (bicyclic) bond motifs is 3. The maximum absolute atomic E-state index is 13.5. The first-order valence-corrected chi connectivity index (χ1v) is 15.9. The minimum absolute atomic E-state index is 0.0175. The second-order valence-corrected chi connectivity index (χ2v) is 11.4. The summed E-state index contributed by atoms with van der Waals surface area (Å²) >= 11 is 1.43. The second-order valence-electron chi connectivity index (χ2n) is 10.4. The highest BCUT2D eigenvalue weighted by Gasteiger charge is 2.18. The molecule has 8 heteroatoms. The molecule has 0 aliphatic rings. The number of carbonyl (C=O) groups is 3. The summed E-state index contributed by atoms with van der Waals surface area (Å²) in [5.41, 5.74) is 3.47. The lowest BCUT2D eigenvalue weighted by molar-refractivity contribution is -0.113. The van der Waals surface area contributed by atoms with Gasteiger partial charge in [0.1, 0.15) is 11.4 Å². The Labute approximate surface area is 270 Å². The van der Waals surface area contributed by atoms with Crippen LogP contribution in [0, 0.1) is 0 Å². The van der Waals surface area contributed by atoms with Crippen molar-refractivity contribution in [1.82, 2.24) is 9.88 Å². The van der Waals surface area contributed by atoms with E-state index in [2.05, 4.69) is 10.6 Å². The molecule has 0 fully saturated rings. The normalized spacial score (nSPS) is 11.4. The van der Waals surface area contributed by atoms with Gasteiger partial charge in [-0.15, -0.1) is 11.8 Å². The lowest BCUT2D eigenvalue weighted by Crippen LogP contribution is -2.30. The zero-order chi connectivity index (χ0) is 31.9. The number of ether oxygens (including phenoxy) is 1. The standard InChI is InChI=1S/C38H31N3O4S/c1-2-45-35-19-11-6-14-27(35)24-32(40-37(43)26-12-4-3-5-13-26)38(44)39-28-20-22-29(23-21-28)46-25-36(42)41-33-17-9-7-15-30(33)31-16-8-10-18-34(31)41/h3-24H,2,25H2,1H3,(H,39,44)(H,40,43)/b32-24-. The van der Waals surface area contributed by atoms with Crippen molar-refractivity contribution in [2.75, 3.05) is 17.7 Å². The van der Waals surface area contributed by atoms with Gasteiger partial charge in [0, 0.05) is 32.5 Å². The monoisotopic (exact) mass is 625 g/mol. The fourth-order valence-corrected chi connectivity index (χ4v) is 5.97. The molecule has 2 N–H and O–H groups in total. The topological polar surface area (TPSA) is 89.4 Å². The van der Waals surface area contributed by atoms with E-state index in [0.717, 1.165) is 26.7 Å². The molecule has 46 heavy (non-hydrogen) atoms. The summed E-state index contributed by atoms with van der Waals surface area (Å²) in [5.74, 6) is -0.0725. The Morgan fingerprint density at radius 3 is 2.02 bits per heavy atom. The summed E-state index contributed by atoms with van der Waals surface area (Å²) in [7, 11) is 0. The highest BCUT2D eigenvalue weighted by atomic mass is 32.2. The van der Waals surface area contributed by atoms with Gasteiger partial charge in [-0.3, -0.25) is 19.0 Å². The van der Waals surface area contributed by atoms with Crippen LogP contribution in [0.25, 0.3) is 27.9 Å². The first kappa shape index (κ1) is 30.4. The van der Waals surface area contributed by atoms with Crippen molar-refractivity contribution >= 4 is 63.1 Å². The van der Waals surface area contributed by atoms with Crippen LogP contribution in [0.1, 0.15) is 27.6 Å². The van der Waals surface area contributed by atoms with Crippen molar-refractivity contribution in [1.29, 1.82) is 0 Å². The summed E-state index contributed by atoms with van der Waals surface area (Å²) in [5, 5.41) is 7.74. The number of amides is 2.